The van der Waals surface area contributed by atoms with E-state index in [1.165, 1.54) is 18.5 Å². The van der Waals surface area contributed by atoms with Gasteiger partial charge in [0.1, 0.15) is 23.0 Å². The van der Waals surface area contributed by atoms with Crippen LogP contribution in [0.4, 0.5) is 5.69 Å². The Morgan fingerprint density at radius 1 is 1.12 bits per heavy atom. The van der Waals surface area contributed by atoms with E-state index in [0.29, 0.717) is 5.70 Å². The van der Waals surface area contributed by atoms with Crippen LogP contribution in [0, 0.1) is 22.7 Å². The minimum Gasteiger partial charge on any atom is -0.493 e. The van der Waals surface area contributed by atoms with Gasteiger partial charge in [-0.25, -0.2) is 0 Å². The van der Waals surface area contributed by atoms with Gasteiger partial charge in [0.15, 0.2) is 0 Å². The number of anilines is 1. The molecule has 1 heterocycles. The molecule has 1 amide bonds. The minimum absolute atomic E-state index is 0.112. The van der Waals surface area contributed by atoms with Crippen LogP contribution in [-0.2, 0) is 4.79 Å². The summed E-state index contributed by atoms with van der Waals surface area (Å²) in [7, 11) is 0. The number of benzene rings is 2. The van der Waals surface area contributed by atoms with E-state index in [4.69, 9.17) is 14.7 Å². The van der Waals surface area contributed by atoms with Crippen molar-refractivity contribution in [3.05, 3.63) is 60.7 Å². The standard InChI is InChI=1S/C27H31N3O3/c1-19(29-26(31)27(2,3)18-28)21-6-10-24(11-7-21)33-25-14-15-30(16-25)22-8-12-23(13-9-22)32-17-20-4-5-20/h6-13,20,25H,1,4-5,14-17H2,2-3H3,(H,29,31)/t25-/m1/s1. The third-order valence-corrected chi connectivity index (χ3v) is 6.15. The van der Waals surface area contributed by atoms with Crippen LogP contribution in [0.2, 0.25) is 0 Å². The summed E-state index contributed by atoms with van der Waals surface area (Å²) in [6, 6.07) is 17.8. The molecule has 4 rings (SSSR count). The molecule has 0 spiro atoms. The van der Waals surface area contributed by atoms with Gasteiger partial charge in [-0.3, -0.25) is 4.79 Å². The average Bonchev–Trinajstić information content (AvgIpc) is 3.55. The molecule has 1 saturated carbocycles. The maximum atomic E-state index is 12.2. The molecule has 2 aliphatic rings. The lowest BCUT2D eigenvalue weighted by Gasteiger charge is -2.20. The summed E-state index contributed by atoms with van der Waals surface area (Å²) in [4.78, 5) is 14.5. The Morgan fingerprint density at radius 3 is 2.42 bits per heavy atom. The molecule has 6 nitrogen and oxygen atoms in total. The van der Waals surface area contributed by atoms with Crippen molar-refractivity contribution in [2.75, 3.05) is 24.6 Å². The second-order valence-corrected chi connectivity index (χ2v) is 9.42. The zero-order valence-electron chi connectivity index (χ0n) is 19.3. The molecule has 6 heteroatoms. The van der Waals surface area contributed by atoms with Crippen molar-refractivity contribution in [3.8, 4) is 17.6 Å². The summed E-state index contributed by atoms with van der Waals surface area (Å²) < 4.78 is 12.0. The maximum absolute atomic E-state index is 12.2. The van der Waals surface area contributed by atoms with Gasteiger partial charge in [0, 0.05) is 24.4 Å². The van der Waals surface area contributed by atoms with Crippen molar-refractivity contribution in [2.24, 2.45) is 11.3 Å². The minimum atomic E-state index is -1.11. The van der Waals surface area contributed by atoms with Crippen LogP contribution in [0.15, 0.2) is 55.1 Å². The molecule has 1 saturated heterocycles. The molecule has 2 aromatic rings. The first kappa shape index (κ1) is 22.7. The number of amides is 1. The summed E-state index contributed by atoms with van der Waals surface area (Å²) in [5.41, 5.74) is 1.32. The van der Waals surface area contributed by atoms with E-state index in [9.17, 15) is 4.79 Å². The molecule has 0 radical (unpaired) electrons. The van der Waals surface area contributed by atoms with E-state index in [1.807, 2.05) is 42.5 Å². The number of carbonyl (C=O) groups is 1. The van der Waals surface area contributed by atoms with Crippen molar-refractivity contribution in [3.63, 3.8) is 0 Å². The highest BCUT2D eigenvalue weighted by molar-refractivity contribution is 5.91. The quantitative estimate of drug-likeness (QED) is 0.602. The maximum Gasteiger partial charge on any atom is 0.244 e. The third kappa shape index (κ3) is 5.87. The molecule has 1 N–H and O–H groups in total. The van der Waals surface area contributed by atoms with Gasteiger partial charge in [-0.1, -0.05) is 6.58 Å². The number of ether oxygens (including phenoxy) is 2. The highest BCUT2D eigenvalue weighted by Crippen LogP contribution is 2.30. The fraction of sp³-hybridized carbons (Fsp3) is 0.407. The molecule has 0 bridgehead atoms. The van der Waals surface area contributed by atoms with Crippen LogP contribution < -0.4 is 19.7 Å². The predicted octanol–water partition coefficient (Wildman–Crippen LogP) is 4.77. The van der Waals surface area contributed by atoms with Gasteiger partial charge in [-0.2, -0.15) is 5.26 Å². The van der Waals surface area contributed by atoms with Crippen LogP contribution in [0.1, 0.15) is 38.7 Å². The monoisotopic (exact) mass is 445 g/mol. The summed E-state index contributed by atoms with van der Waals surface area (Å²) in [6.45, 7) is 9.68. The molecule has 2 fully saturated rings. The van der Waals surface area contributed by atoms with Crippen LogP contribution in [0.5, 0.6) is 11.5 Å². The van der Waals surface area contributed by atoms with Gasteiger partial charge in [0.05, 0.1) is 19.2 Å². The summed E-state index contributed by atoms with van der Waals surface area (Å²) in [6.07, 6.45) is 3.65. The number of hydrogen-bond acceptors (Lipinski definition) is 5. The number of hydrogen-bond donors (Lipinski definition) is 1. The Hall–Kier alpha value is -3.46. The van der Waals surface area contributed by atoms with Crippen molar-refractivity contribution in [1.82, 2.24) is 5.32 Å². The Labute approximate surface area is 195 Å². The third-order valence-electron chi connectivity index (χ3n) is 6.15. The first-order chi connectivity index (χ1) is 15.8. The number of nitrogens with zero attached hydrogens (tertiary/aromatic N) is 2. The van der Waals surface area contributed by atoms with E-state index < -0.39 is 5.41 Å². The van der Waals surface area contributed by atoms with Gasteiger partial charge in [0.2, 0.25) is 5.91 Å². The first-order valence-corrected chi connectivity index (χ1v) is 11.5. The van der Waals surface area contributed by atoms with Crippen LogP contribution in [0.3, 0.4) is 0 Å². The van der Waals surface area contributed by atoms with Crippen LogP contribution >= 0.6 is 0 Å². The molecule has 1 aliphatic carbocycles. The predicted molar refractivity (Wildman–Crippen MR) is 129 cm³/mol. The highest BCUT2D eigenvalue weighted by Gasteiger charge is 2.28. The normalized spacial score (nSPS) is 17.8. The molecule has 0 aromatic heterocycles. The topological polar surface area (TPSA) is 74.6 Å². The molecule has 1 aliphatic heterocycles. The fourth-order valence-corrected chi connectivity index (χ4v) is 3.65. The van der Waals surface area contributed by atoms with Gasteiger partial charge in [0.25, 0.3) is 0 Å². The van der Waals surface area contributed by atoms with Crippen LogP contribution in [0.25, 0.3) is 5.70 Å². The molecule has 172 valence electrons. The Balaban J connectivity index is 1.27. The second-order valence-electron chi connectivity index (χ2n) is 9.42. The number of nitriles is 1. The average molecular weight is 446 g/mol. The van der Waals surface area contributed by atoms with E-state index in [0.717, 1.165) is 49.1 Å². The lowest BCUT2D eigenvalue weighted by atomic mass is 9.94. The van der Waals surface area contributed by atoms with E-state index >= 15 is 0 Å². The van der Waals surface area contributed by atoms with Crippen LogP contribution in [-0.4, -0.2) is 31.7 Å². The number of nitrogens with one attached hydrogen (secondary N) is 1. The Kier molecular flexibility index (Phi) is 6.60. The summed E-state index contributed by atoms with van der Waals surface area (Å²) in [5, 5.41) is 11.8. The Bertz CT molecular complexity index is 1030. The van der Waals surface area contributed by atoms with E-state index in [1.54, 1.807) is 13.8 Å². The summed E-state index contributed by atoms with van der Waals surface area (Å²) in [5.74, 6) is 2.10. The zero-order chi connectivity index (χ0) is 23.4. The van der Waals surface area contributed by atoms with Crippen molar-refractivity contribution in [1.29, 1.82) is 5.26 Å². The lowest BCUT2D eigenvalue weighted by molar-refractivity contribution is -0.125. The number of rotatable bonds is 9. The van der Waals surface area contributed by atoms with Crippen molar-refractivity contribution < 1.29 is 14.3 Å². The molecule has 1 atom stereocenters. The SMILES string of the molecule is C=C(NC(=O)C(C)(C)C#N)c1ccc(O[C@@H]2CCN(c3ccc(OCC4CC4)cc3)C2)cc1. The summed E-state index contributed by atoms with van der Waals surface area (Å²) >= 11 is 0. The van der Waals surface area contributed by atoms with Crippen molar-refractivity contribution in [2.45, 2.75) is 39.2 Å². The molecular formula is C27H31N3O3. The zero-order valence-corrected chi connectivity index (χ0v) is 19.3. The molecule has 33 heavy (non-hydrogen) atoms. The highest BCUT2D eigenvalue weighted by atomic mass is 16.5. The first-order valence-electron chi connectivity index (χ1n) is 11.5. The second kappa shape index (κ2) is 9.58. The van der Waals surface area contributed by atoms with Crippen molar-refractivity contribution >= 4 is 17.3 Å². The molecule has 0 unspecified atom stereocenters. The van der Waals surface area contributed by atoms with E-state index in [2.05, 4.69) is 28.9 Å². The van der Waals surface area contributed by atoms with Gasteiger partial charge < -0.3 is 19.7 Å². The molecular weight excluding hydrogens is 414 g/mol. The lowest BCUT2D eigenvalue weighted by Crippen LogP contribution is -2.34. The van der Waals surface area contributed by atoms with Gasteiger partial charge in [-0.15, -0.1) is 0 Å². The van der Waals surface area contributed by atoms with E-state index in [-0.39, 0.29) is 12.0 Å². The smallest absolute Gasteiger partial charge is 0.244 e. The number of carbonyl (C=O) groups excluding carboxylic acids is 1. The molecule has 2 aromatic carbocycles. The van der Waals surface area contributed by atoms with Gasteiger partial charge >= 0.3 is 0 Å². The van der Waals surface area contributed by atoms with Gasteiger partial charge in [-0.05, 0) is 86.7 Å². The largest absolute Gasteiger partial charge is 0.493 e. The fourth-order valence-electron chi connectivity index (χ4n) is 3.65. The Morgan fingerprint density at radius 2 is 1.79 bits per heavy atom.